The molecule has 0 heterocycles. The van der Waals surface area contributed by atoms with E-state index in [0.29, 0.717) is 5.41 Å². The molecule has 1 N–H and O–H groups in total. The van der Waals surface area contributed by atoms with Crippen molar-refractivity contribution in [1.82, 2.24) is 0 Å². The molecule has 0 unspecified atom stereocenters. The average Bonchev–Trinajstić information content (AvgIpc) is 2.97. The van der Waals surface area contributed by atoms with Crippen LogP contribution in [0.1, 0.15) is 77.6 Å². The molecular weight excluding hydrogens is 196 g/mol. The van der Waals surface area contributed by atoms with Crippen LogP contribution in [0.4, 0.5) is 0 Å². The zero-order chi connectivity index (χ0) is 11.4. The highest BCUT2D eigenvalue weighted by atomic mass is 16.3. The van der Waals surface area contributed by atoms with Crippen LogP contribution in [0, 0.1) is 11.3 Å². The summed E-state index contributed by atoms with van der Waals surface area (Å²) in [6.07, 6.45) is 14.6. The van der Waals surface area contributed by atoms with Gasteiger partial charge in [0, 0.05) is 0 Å². The molecular formula is C15H28O. The Morgan fingerprint density at radius 2 is 1.94 bits per heavy atom. The Labute approximate surface area is 101 Å². The number of aliphatic hydroxyl groups is 1. The minimum Gasteiger partial charge on any atom is -0.393 e. The molecule has 2 saturated carbocycles. The van der Waals surface area contributed by atoms with Crippen LogP contribution >= 0.6 is 0 Å². The van der Waals surface area contributed by atoms with E-state index in [0.717, 1.165) is 12.3 Å². The summed E-state index contributed by atoms with van der Waals surface area (Å²) in [7, 11) is 0. The molecule has 2 aliphatic rings. The van der Waals surface area contributed by atoms with Gasteiger partial charge in [-0.15, -0.1) is 0 Å². The molecule has 0 amide bonds. The quantitative estimate of drug-likeness (QED) is 0.706. The Kier molecular flexibility index (Phi) is 4.29. The molecule has 0 aromatic carbocycles. The van der Waals surface area contributed by atoms with Crippen LogP contribution in [0.2, 0.25) is 0 Å². The van der Waals surface area contributed by atoms with Gasteiger partial charge in [0.15, 0.2) is 0 Å². The van der Waals surface area contributed by atoms with Crippen molar-refractivity contribution in [2.24, 2.45) is 11.3 Å². The minimum absolute atomic E-state index is 0.0272. The summed E-state index contributed by atoms with van der Waals surface area (Å²) in [6, 6.07) is 0. The van der Waals surface area contributed by atoms with E-state index < -0.39 is 0 Å². The lowest BCUT2D eigenvalue weighted by Crippen LogP contribution is -2.25. The molecule has 0 saturated heterocycles. The molecule has 3 atom stereocenters. The fourth-order valence-electron chi connectivity index (χ4n) is 3.74. The lowest BCUT2D eigenvalue weighted by Gasteiger charge is -2.26. The lowest BCUT2D eigenvalue weighted by atomic mass is 9.83. The van der Waals surface area contributed by atoms with Crippen molar-refractivity contribution in [3.05, 3.63) is 0 Å². The maximum Gasteiger partial charge on any atom is 0.0599 e. The first-order valence-corrected chi connectivity index (χ1v) is 7.47. The molecule has 0 aliphatic heterocycles. The first kappa shape index (κ1) is 12.4. The summed E-state index contributed by atoms with van der Waals surface area (Å²) in [4.78, 5) is 0. The molecule has 0 radical (unpaired) electrons. The summed E-state index contributed by atoms with van der Waals surface area (Å²) in [5.74, 6) is 0.868. The second-order valence-corrected chi connectivity index (χ2v) is 6.10. The Bertz CT molecular complexity index is 213. The van der Waals surface area contributed by atoms with Gasteiger partial charge >= 0.3 is 0 Å². The first-order valence-electron chi connectivity index (χ1n) is 7.47. The Hall–Kier alpha value is -0.0400. The summed E-state index contributed by atoms with van der Waals surface area (Å²) in [6.45, 7) is 2.27. The molecule has 0 aromatic heterocycles. The van der Waals surface area contributed by atoms with E-state index in [1.165, 1.54) is 64.2 Å². The molecule has 0 bridgehead atoms. The predicted molar refractivity (Wildman–Crippen MR) is 68.4 cm³/mol. The Morgan fingerprint density at radius 3 is 2.75 bits per heavy atom. The molecule has 0 aromatic rings. The van der Waals surface area contributed by atoms with Crippen LogP contribution < -0.4 is 0 Å². The van der Waals surface area contributed by atoms with E-state index in [2.05, 4.69) is 6.92 Å². The Balaban J connectivity index is 1.81. The number of hydrogen-bond acceptors (Lipinski definition) is 1. The van der Waals surface area contributed by atoms with Gasteiger partial charge in [0.2, 0.25) is 0 Å². The summed E-state index contributed by atoms with van der Waals surface area (Å²) in [5, 5.41) is 10.3. The fourth-order valence-corrected chi connectivity index (χ4v) is 3.74. The third-order valence-electron chi connectivity index (χ3n) is 4.97. The van der Waals surface area contributed by atoms with Crippen molar-refractivity contribution < 1.29 is 5.11 Å². The molecule has 1 nitrogen and oxygen atoms in total. The number of unbranched alkanes of at least 4 members (excludes halogenated alkanes) is 2. The van der Waals surface area contributed by atoms with Crippen molar-refractivity contribution >= 4 is 0 Å². The highest BCUT2D eigenvalue weighted by Gasteiger charge is 2.56. The summed E-state index contributed by atoms with van der Waals surface area (Å²) in [5.41, 5.74) is 0.383. The van der Waals surface area contributed by atoms with Crippen LogP contribution in [0.25, 0.3) is 0 Å². The SMILES string of the molecule is CCCCC[C@@H]1C[C@]12CCCCCC[C@H]2O. The molecule has 94 valence electrons. The molecule has 1 spiro atoms. The normalized spacial score (nSPS) is 39.4. The lowest BCUT2D eigenvalue weighted by molar-refractivity contribution is 0.0577. The molecule has 16 heavy (non-hydrogen) atoms. The standard InChI is InChI=1S/C15H28O/c1-2-3-6-9-13-12-15(13)11-8-5-4-7-10-14(15)16/h13-14,16H,2-12H2,1H3/t13-,14-,15-/m1/s1. The second kappa shape index (κ2) is 5.53. The van der Waals surface area contributed by atoms with Crippen molar-refractivity contribution in [3.63, 3.8) is 0 Å². The van der Waals surface area contributed by atoms with Crippen molar-refractivity contribution in [2.75, 3.05) is 0 Å². The predicted octanol–water partition coefficient (Wildman–Crippen LogP) is 4.29. The van der Waals surface area contributed by atoms with E-state index in [-0.39, 0.29) is 6.10 Å². The summed E-state index contributed by atoms with van der Waals surface area (Å²) < 4.78 is 0. The van der Waals surface area contributed by atoms with E-state index in [9.17, 15) is 5.11 Å². The monoisotopic (exact) mass is 224 g/mol. The van der Waals surface area contributed by atoms with Crippen LogP contribution in [-0.2, 0) is 0 Å². The zero-order valence-corrected chi connectivity index (χ0v) is 10.9. The first-order chi connectivity index (χ1) is 7.79. The highest BCUT2D eigenvalue weighted by molar-refractivity contribution is 5.06. The zero-order valence-electron chi connectivity index (χ0n) is 10.9. The third kappa shape index (κ3) is 2.61. The minimum atomic E-state index is 0.0272. The van der Waals surface area contributed by atoms with Gasteiger partial charge < -0.3 is 5.11 Å². The number of aliphatic hydroxyl groups excluding tert-OH is 1. The largest absolute Gasteiger partial charge is 0.393 e. The van der Waals surface area contributed by atoms with Gasteiger partial charge in [0.1, 0.15) is 0 Å². The van der Waals surface area contributed by atoms with E-state index >= 15 is 0 Å². The van der Waals surface area contributed by atoms with Gasteiger partial charge in [0.25, 0.3) is 0 Å². The van der Waals surface area contributed by atoms with Crippen molar-refractivity contribution in [2.45, 2.75) is 83.7 Å². The van der Waals surface area contributed by atoms with Gasteiger partial charge in [-0.3, -0.25) is 0 Å². The average molecular weight is 224 g/mol. The molecule has 2 fully saturated rings. The van der Waals surface area contributed by atoms with Gasteiger partial charge in [-0.1, -0.05) is 51.9 Å². The number of hydrogen-bond donors (Lipinski definition) is 1. The number of rotatable bonds is 4. The van der Waals surface area contributed by atoms with E-state index in [1.54, 1.807) is 0 Å². The topological polar surface area (TPSA) is 20.2 Å². The van der Waals surface area contributed by atoms with Gasteiger partial charge in [-0.25, -0.2) is 0 Å². The van der Waals surface area contributed by atoms with Crippen LogP contribution in [0.5, 0.6) is 0 Å². The smallest absolute Gasteiger partial charge is 0.0599 e. The summed E-state index contributed by atoms with van der Waals surface area (Å²) >= 11 is 0. The fraction of sp³-hybridized carbons (Fsp3) is 1.00. The maximum absolute atomic E-state index is 10.3. The molecule has 2 rings (SSSR count). The Morgan fingerprint density at radius 1 is 1.12 bits per heavy atom. The third-order valence-corrected chi connectivity index (χ3v) is 4.97. The van der Waals surface area contributed by atoms with E-state index in [4.69, 9.17) is 0 Å². The van der Waals surface area contributed by atoms with Gasteiger partial charge in [0.05, 0.1) is 6.10 Å². The van der Waals surface area contributed by atoms with E-state index in [1.807, 2.05) is 0 Å². The highest BCUT2D eigenvalue weighted by Crippen LogP contribution is 2.62. The van der Waals surface area contributed by atoms with Crippen LogP contribution in [0.3, 0.4) is 0 Å². The molecule has 2 aliphatic carbocycles. The van der Waals surface area contributed by atoms with Crippen LogP contribution in [0.15, 0.2) is 0 Å². The maximum atomic E-state index is 10.3. The van der Waals surface area contributed by atoms with Crippen molar-refractivity contribution in [3.8, 4) is 0 Å². The van der Waals surface area contributed by atoms with Crippen LogP contribution in [-0.4, -0.2) is 11.2 Å². The second-order valence-electron chi connectivity index (χ2n) is 6.10. The van der Waals surface area contributed by atoms with Gasteiger partial charge in [-0.05, 0) is 37.0 Å². The van der Waals surface area contributed by atoms with Crippen molar-refractivity contribution in [1.29, 1.82) is 0 Å². The molecule has 1 heteroatoms. The van der Waals surface area contributed by atoms with Gasteiger partial charge in [-0.2, -0.15) is 0 Å².